The minimum atomic E-state index is -3.50. The van der Waals surface area contributed by atoms with Crippen molar-refractivity contribution < 1.29 is 13.2 Å². The molecule has 0 saturated carbocycles. The number of nitrogens with zero attached hydrogens (tertiary/aromatic N) is 1. The second-order valence-corrected chi connectivity index (χ2v) is 7.73. The minimum absolute atomic E-state index is 0.0483. The molecule has 1 amide bonds. The second-order valence-electron chi connectivity index (χ2n) is 6.01. The fraction of sp³-hybridized carbons (Fsp3) is 0.278. The van der Waals surface area contributed by atoms with Gasteiger partial charge in [0.1, 0.15) is 0 Å². The molecular formula is C18H20N2O3S. The molecule has 1 N–H and O–H groups in total. The number of anilines is 2. The third-order valence-corrected chi connectivity index (χ3v) is 5.34. The predicted molar refractivity (Wildman–Crippen MR) is 95.6 cm³/mol. The number of sulfonamides is 1. The lowest BCUT2D eigenvalue weighted by Gasteiger charge is -2.15. The number of hydrogen-bond acceptors (Lipinski definition) is 3. The quantitative estimate of drug-likeness (QED) is 0.907. The monoisotopic (exact) mass is 344 g/mol. The van der Waals surface area contributed by atoms with Gasteiger partial charge in [0.25, 0.3) is 0 Å². The van der Waals surface area contributed by atoms with Crippen LogP contribution in [-0.2, 0) is 27.0 Å². The molecule has 2 aromatic carbocycles. The van der Waals surface area contributed by atoms with Crippen LogP contribution < -0.4 is 9.62 Å². The molecule has 0 saturated heterocycles. The van der Waals surface area contributed by atoms with E-state index in [1.165, 1.54) is 0 Å². The third-order valence-electron chi connectivity index (χ3n) is 4.08. The van der Waals surface area contributed by atoms with Gasteiger partial charge in [-0.3, -0.25) is 9.52 Å². The molecule has 6 heteroatoms. The van der Waals surface area contributed by atoms with Crippen LogP contribution in [0.15, 0.2) is 42.5 Å². The Labute approximate surface area is 142 Å². The lowest BCUT2D eigenvalue weighted by atomic mass is 10.1. The number of nitrogens with one attached hydrogen (secondary N) is 1. The molecule has 0 spiro atoms. The van der Waals surface area contributed by atoms with Crippen molar-refractivity contribution in [3.05, 3.63) is 59.2 Å². The van der Waals surface area contributed by atoms with Crippen molar-refractivity contribution in [1.29, 1.82) is 0 Å². The third kappa shape index (κ3) is 3.43. The zero-order valence-corrected chi connectivity index (χ0v) is 14.6. The normalized spacial score (nSPS) is 13.9. The van der Waals surface area contributed by atoms with E-state index in [9.17, 15) is 13.2 Å². The van der Waals surface area contributed by atoms with E-state index in [0.29, 0.717) is 18.7 Å². The fourth-order valence-corrected chi connectivity index (χ4v) is 4.10. The Balaban J connectivity index is 1.77. The van der Waals surface area contributed by atoms with Crippen LogP contribution in [0.4, 0.5) is 11.4 Å². The maximum atomic E-state index is 12.4. The number of likely N-dealkylation sites (N-methyl/N-ethyl adjacent to an activating group) is 1. The lowest BCUT2D eigenvalue weighted by Crippen LogP contribution is -2.25. The van der Waals surface area contributed by atoms with Gasteiger partial charge in [0.2, 0.25) is 15.9 Å². The minimum Gasteiger partial charge on any atom is -0.312 e. The van der Waals surface area contributed by atoms with Gasteiger partial charge >= 0.3 is 0 Å². The maximum Gasteiger partial charge on any atom is 0.236 e. The Morgan fingerprint density at radius 1 is 1.12 bits per heavy atom. The molecule has 0 atom stereocenters. The Hall–Kier alpha value is -2.34. The van der Waals surface area contributed by atoms with Gasteiger partial charge in [0.15, 0.2) is 0 Å². The maximum absolute atomic E-state index is 12.4. The van der Waals surface area contributed by atoms with Crippen molar-refractivity contribution in [3.63, 3.8) is 0 Å². The van der Waals surface area contributed by atoms with E-state index in [4.69, 9.17) is 0 Å². The number of carbonyl (C=O) groups excluding carboxylic acids is 1. The molecule has 1 aliphatic heterocycles. The molecule has 3 rings (SSSR count). The zero-order valence-electron chi connectivity index (χ0n) is 13.7. The number of benzene rings is 2. The molecule has 0 fully saturated rings. The molecule has 5 nitrogen and oxygen atoms in total. The number of amides is 1. The molecule has 24 heavy (non-hydrogen) atoms. The summed E-state index contributed by atoms with van der Waals surface area (Å²) in [7, 11) is -3.50. The van der Waals surface area contributed by atoms with Crippen LogP contribution in [0.2, 0.25) is 0 Å². The van der Waals surface area contributed by atoms with Gasteiger partial charge in [-0.15, -0.1) is 0 Å². The molecule has 2 aromatic rings. The molecule has 1 aliphatic rings. The van der Waals surface area contributed by atoms with Crippen molar-refractivity contribution in [3.8, 4) is 0 Å². The topological polar surface area (TPSA) is 66.5 Å². The van der Waals surface area contributed by atoms with Gasteiger partial charge in [-0.05, 0) is 43.2 Å². The molecule has 0 unspecified atom stereocenters. The number of rotatable bonds is 5. The van der Waals surface area contributed by atoms with Crippen LogP contribution in [0.25, 0.3) is 0 Å². The predicted octanol–water partition coefficient (Wildman–Crippen LogP) is 2.85. The Kier molecular flexibility index (Phi) is 4.32. The Bertz CT molecular complexity index is 874. The van der Waals surface area contributed by atoms with Crippen molar-refractivity contribution >= 4 is 27.3 Å². The van der Waals surface area contributed by atoms with Gasteiger partial charge in [0.05, 0.1) is 12.2 Å². The molecule has 0 aromatic heterocycles. The molecule has 0 aliphatic carbocycles. The zero-order chi connectivity index (χ0) is 17.3. The summed E-state index contributed by atoms with van der Waals surface area (Å²) in [6, 6.07) is 12.7. The summed E-state index contributed by atoms with van der Waals surface area (Å²) < 4.78 is 27.3. The molecular weight excluding hydrogens is 324 g/mol. The first-order valence-electron chi connectivity index (χ1n) is 7.87. The van der Waals surface area contributed by atoms with Gasteiger partial charge in [-0.1, -0.05) is 29.8 Å². The van der Waals surface area contributed by atoms with Gasteiger partial charge in [-0.2, -0.15) is 0 Å². The van der Waals surface area contributed by atoms with E-state index < -0.39 is 10.0 Å². The molecule has 126 valence electrons. The summed E-state index contributed by atoms with van der Waals surface area (Å²) in [6.07, 6.45) is 0.316. The fourth-order valence-electron chi connectivity index (χ4n) is 2.91. The largest absolute Gasteiger partial charge is 0.312 e. The first-order valence-corrected chi connectivity index (χ1v) is 9.52. The van der Waals surface area contributed by atoms with E-state index in [-0.39, 0.29) is 11.7 Å². The van der Waals surface area contributed by atoms with Crippen LogP contribution in [0.1, 0.15) is 23.6 Å². The average molecular weight is 344 g/mol. The number of fused-ring (bicyclic) bond motifs is 1. The lowest BCUT2D eigenvalue weighted by molar-refractivity contribution is -0.117. The van der Waals surface area contributed by atoms with Crippen molar-refractivity contribution in [2.75, 3.05) is 16.2 Å². The Morgan fingerprint density at radius 2 is 1.83 bits per heavy atom. The summed E-state index contributed by atoms with van der Waals surface area (Å²) in [5.74, 6) is -0.0307. The summed E-state index contributed by atoms with van der Waals surface area (Å²) >= 11 is 0. The van der Waals surface area contributed by atoms with Crippen LogP contribution in [0.3, 0.4) is 0 Å². The molecule has 0 bridgehead atoms. The number of aryl methyl sites for hydroxylation is 1. The molecule has 1 heterocycles. The van der Waals surface area contributed by atoms with Crippen LogP contribution in [-0.4, -0.2) is 20.9 Å². The average Bonchev–Trinajstić information content (AvgIpc) is 2.83. The van der Waals surface area contributed by atoms with Gasteiger partial charge in [-0.25, -0.2) is 8.42 Å². The SMILES string of the molecule is CCN1C(=O)Cc2cc(NS(=O)(=O)Cc3ccc(C)cc3)ccc21. The number of carbonyl (C=O) groups is 1. The smallest absolute Gasteiger partial charge is 0.236 e. The second kappa shape index (κ2) is 6.28. The van der Waals surface area contributed by atoms with Crippen LogP contribution in [0, 0.1) is 6.92 Å². The highest BCUT2D eigenvalue weighted by Crippen LogP contribution is 2.31. The van der Waals surface area contributed by atoms with E-state index in [2.05, 4.69) is 4.72 Å². The van der Waals surface area contributed by atoms with Gasteiger partial charge < -0.3 is 4.90 Å². The summed E-state index contributed by atoms with van der Waals surface area (Å²) in [5.41, 5.74) is 4.04. The molecule has 0 radical (unpaired) electrons. The van der Waals surface area contributed by atoms with Crippen molar-refractivity contribution in [2.24, 2.45) is 0 Å². The van der Waals surface area contributed by atoms with Crippen molar-refractivity contribution in [2.45, 2.75) is 26.0 Å². The van der Waals surface area contributed by atoms with Crippen LogP contribution >= 0.6 is 0 Å². The summed E-state index contributed by atoms with van der Waals surface area (Å²) in [5, 5.41) is 0. The summed E-state index contributed by atoms with van der Waals surface area (Å²) in [6.45, 7) is 4.50. The highest BCUT2D eigenvalue weighted by Gasteiger charge is 2.26. The highest BCUT2D eigenvalue weighted by atomic mass is 32.2. The number of hydrogen-bond donors (Lipinski definition) is 1. The Morgan fingerprint density at radius 3 is 2.50 bits per heavy atom. The van der Waals surface area contributed by atoms with E-state index >= 15 is 0 Å². The van der Waals surface area contributed by atoms with E-state index in [1.54, 1.807) is 23.1 Å². The highest BCUT2D eigenvalue weighted by molar-refractivity contribution is 7.91. The van der Waals surface area contributed by atoms with Gasteiger partial charge in [0, 0.05) is 17.9 Å². The van der Waals surface area contributed by atoms with Crippen LogP contribution in [0.5, 0.6) is 0 Å². The summed E-state index contributed by atoms with van der Waals surface area (Å²) in [4.78, 5) is 13.6. The van der Waals surface area contributed by atoms with Crippen molar-refractivity contribution in [1.82, 2.24) is 0 Å². The standard InChI is InChI=1S/C18H20N2O3S/c1-3-20-17-9-8-16(10-15(17)11-18(20)21)19-24(22,23)12-14-6-4-13(2)5-7-14/h4-10,19H,3,11-12H2,1-2H3. The van der Waals surface area contributed by atoms with E-state index in [0.717, 1.165) is 22.4 Å². The first kappa shape index (κ1) is 16.5. The van der Waals surface area contributed by atoms with E-state index in [1.807, 2.05) is 38.1 Å². The first-order chi connectivity index (χ1) is 11.4.